The number of pyridine rings is 1. The van der Waals surface area contributed by atoms with Gasteiger partial charge in [-0.2, -0.15) is 15.5 Å². The van der Waals surface area contributed by atoms with Crippen LogP contribution in [0.5, 0.6) is 5.75 Å². The molecule has 0 fully saturated rings. The number of benzene rings is 1. The molecule has 0 aliphatic rings. The van der Waals surface area contributed by atoms with Crippen molar-refractivity contribution in [1.82, 2.24) is 15.1 Å². The van der Waals surface area contributed by atoms with Gasteiger partial charge in [-0.3, -0.25) is 4.98 Å². The third-order valence-electron chi connectivity index (χ3n) is 3.14. The van der Waals surface area contributed by atoms with Crippen molar-refractivity contribution in [2.45, 2.75) is 6.92 Å². The minimum absolute atomic E-state index is 0.259. The molecule has 0 saturated carbocycles. The molecule has 0 bridgehead atoms. The van der Waals surface area contributed by atoms with E-state index < -0.39 is 0 Å². The molecule has 0 amide bonds. The molecule has 0 radical (unpaired) electrons. The van der Waals surface area contributed by atoms with E-state index in [0.29, 0.717) is 40.6 Å². The van der Waals surface area contributed by atoms with Gasteiger partial charge in [0.15, 0.2) is 0 Å². The second kappa shape index (κ2) is 6.59. The third-order valence-corrected chi connectivity index (χ3v) is 3.14. The maximum atomic E-state index is 9.13. The van der Waals surface area contributed by atoms with Gasteiger partial charge in [0.05, 0.1) is 23.8 Å². The summed E-state index contributed by atoms with van der Waals surface area (Å²) in [5.41, 5.74) is 1.97. The van der Waals surface area contributed by atoms with Crippen LogP contribution in [0.2, 0.25) is 0 Å². The predicted molar refractivity (Wildman–Crippen MR) is 83.6 cm³/mol. The number of aromatic nitrogens is 3. The minimum atomic E-state index is 0.259. The van der Waals surface area contributed by atoms with Crippen LogP contribution in [0.4, 0.5) is 0 Å². The molecular formula is C17H11N5O2. The molecule has 7 nitrogen and oxygen atoms in total. The van der Waals surface area contributed by atoms with Gasteiger partial charge in [-0.15, -0.1) is 0 Å². The van der Waals surface area contributed by atoms with Crippen molar-refractivity contribution in [2.24, 2.45) is 0 Å². The molecule has 2 heterocycles. The molecule has 0 atom stereocenters. The lowest BCUT2D eigenvalue weighted by molar-refractivity contribution is 0.340. The molecule has 0 N–H and O–H groups in total. The van der Waals surface area contributed by atoms with E-state index in [1.54, 1.807) is 30.3 Å². The highest BCUT2D eigenvalue weighted by Gasteiger charge is 2.13. The Labute approximate surface area is 137 Å². The Balaban J connectivity index is 1.97. The summed E-state index contributed by atoms with van der Waals surface area (Å²) in [7, 11) is 0. The zero-order valence-electron chi connectivity index (χ0n) is 12.7. The van der Waals surface area contributed by atoms with Crippen LogP contribution in [-0.4, -0.2) is 21.7 Å². The van der Waals surface area contributed by atoms with Gasteiger partial charge in [-0.05, 0) is 37.3 Å². The smallest absolute Gasteiger partial charge is 0.258 e. The molecule has 24 heavy (non-hydrogen) atoms. The van der Waals surface area contributed by atoms with E-state index >= 15 is 0 Å². The summed E-state index contributed by atoms with van der Waals surface area (Å²) in [6, 6.07) is 12.4. The Hall–Kier alpha value is -3.71. The van der Waals surface area contributed by atoms with Gasteiger partial charge >= 0.3 is 0 Å². The van der Waals surface area contributed by atoms with Crippen molar-refractivity contribution in [3.63, 3.8) is 0 Å². The Morgan fingerprint density at radius 3 is 2.62 bits per heavy atom. The molecule has 0 aliphatic heterocycles. The van der Waals surface area contributed by atoms with E-state index in [0.717, 1.165) is 0 Å². The highest BCUT2D eigenvalue weighted by molar-refractivity contribution is 5.62. The lowest BCUT2D eigenvalue weighted by Crippen LogP contribution is -1.93. The second-order valence-corrected chi connectivity index (χ2v) is 4.76. The Morgan fingerprint density at radius 1 is 1.12 bits per heavy atom. The first-order valence-electron chi connectivity index (χ1n) is 7.12. The zero-order valence-corrected chi connectivity index (χ0v) is 12.7. The van der Waals surface area contributed by atoms with Gasteiger partial charge in [0, 0.05) is 11.8 Å². The summed E-state index contributed by atoms with van der Waals surface area (Å²) in [6.07, 6.45) is 1.44. The van der Waals surface area contributed by atoms with Gasteiger partial charge in [0.25, 0.3) is 5.89 Å². The molecule has 0 aliphatic carbocycles. The van der Waals surface area contributed by atoms with E-state index in [9.17, 15) is 0 Å². The number of hydrogen-bond acceptors (Lipinski definition) is 7. The van der Waals surface area contributed by atoms with Crippen LogP contribution in [0, 0.1) is 22.7 Å². The summed E-state index contributed by atoms with van der Waals surface area (Å²) in [5, 5.41) is 21.8. The highest BCUT2D eigenvalue weighted by Crippen LogP contribution is 2.26. The fourth-order valence-corrected chi connectivity index (χ4v) is 2.07. The maximum absolute atomic E-state index is 9.13. The van der Waals surface area contributed by atoms with Gasteiger partial charge in [-0.1, -0.05) is 5.16 Å². The number of rotatable bonds is 4. The third kappa shape index (κ3) is 3.06. The largest absolute Gasteiger partial charge is 0.494 e. The predicted octanol–water partition coefficient (Wildman–Crippen LogP) is 2.94. The van der Waals surface area contributed by atoms with E-state index in [4.69, 9.17) is 19.8 Å². The van der Waals surface area contributed by atoms with Crippen LogP contribution in [0.25, 0.3) is 23.0 Å². The average Bonchev–Trinajstić information content (AvgIpc) is 3.12. The molecule has 0 unspecified atom stereocenters. The first-order chi connectivity index (χ1) is 11.7. The van der Waals surface area contributed by atoms with Gasteiger partial charge < -0.3 is 9.26 Å². The summed E-state index contributed by atoms with van der Waals surface area (Å²) in [5.74, 6) is 1.12. The van der Waals surface area contributed by atoms with Crippen molar-refractivity contribution in [1.29, 1.82) is 10.5 Å². The number of hydrogen-bond donors (Lipinski definition) is 0. The van der Waals surface area contributed by atoms with Crippen LogP contribution in [0.1, 0.15) is 18.1 Å². The summed E-state index contributed by atoms with van der Waals surface area (Å²) < 4.78 is 10.7. The monoisotopic (exact) mass is 317 g/mol. The topological polar surface area (TPSA) is 109 Å². The van der Waals surface area contributed by atoms with E-state index in [1.807, 2.05) is 13.0 Å². The van der Waals surface area contributed by atoms with Crippen LogP contribution in [0.3, 0.4) is 0 Å². The zero-order chi connectivity index (χ0) is 16.9. The number of ether oxygens (including phenoxy) is 1. The highest BCUT2D eigenvalue weighted by atomic mass is 16.5. The first-order valence-corrected chi connectivity index (χ1v) is 7.12. The molecule has 3 rings (SSSR count). The van der Waals surface area contributed by atoms with Crippen LogP contribution < -0.4 is 4.74 Å². The van der Waals surface area contributed by atoms with Crippen molar-refractivity contribution in [3.05, 3.63) is 47.7 Å². The minimum Gasteiger partial charge on any atom is -0.494 e. The van der Waals surface area contributed by atoms with Crippen molar-refractivity contribution in [3.8, 4) is 40.9 Å². The lowest BCUT2D eigenvalue weighted by Gasteiger charge is -2.04. The molecule has 1 aromatic carbocycles. The van der Waals surface area contributed by atoms with Crippen LogP contribution in [-0.2, 0) is 0 Å². The van der Waals surface area contributed by atoms with Gasteiger partial charge in [0.2, 0.25) is 5.82 Å². The molecule has 2 aromatic heterocycles. The molecular weight excluding hydrogens is 306 g/mol. The second-order valence-electron chi connectivity index (χ2n) is 4.76. The van der Waals surface area contributed by atoms with Crippen molar-refractivity contribution in [2.75, 3.05) is 6.61 Å². The van der Waals surface area contributed by atoms with Crippen molar-refractivity contribution >= 4 is 0 Å². The quantitative estimate of drug-likeness (QED) is 0.727. The molecule has 0 spiro atoms. The summed E-state index contributed by atoms with van der Waals surface area (Å²) >= 11 is 0. The lowest BCUT2D eigenvalue weighted by atomic mass is 10.1. The molecule has 3 aromatic rings. The maximum Gasteiger partial charge on any atom is 0.258 e. The van der Waals surface area contributed by atoms with Crippen molar-refractivity contribution < 1.29 is 9.26 Å². The van der Waals surface area contributed by atoms with E-state index in [2.05, 4.69) is 21.2 Å². The van der Waals surface area contributed by atoms with E-state index in [1.165, 1.54) is 6.20 Å². The Morgan fingerprint density at radius 2 is 1.96 bits per heavy atom. The fraction of sp³-hybridized carbons (Fsp3) is 0.118. The van der Waals surface area contributed by atoms with Crippen LogP contribution in [0.15, 0.2) is 41.1 Å². The first kappa shape index (κ1) is 15.2. The average molecular weight is 317 g/mol. The number of nitrogens with zero attached hydrogens (tertiary/aromatic N) is 5. The normalized spacial score (nSPS) is 9.96. The fourth-order valence-electron chi connectivity index (χ4n) is 2.07. The molecule has 116 valence electrons. The molecule has 7 heteroatoms. The standard InChI is InChI=1S/C17H11N5O2/c1-2-23-14-6-12(9-19)5-13(7-14)17-21-16(22-24-17)15-4-3-11(8-18)10-20-15/h3-7,10H,2H2,1H3. The van der Waals surface area contributed by atoms with Gasteiger partial charge in [-0.25, -0.2) is 0 Å². The number of nitriles is 2. The summed E-state index contributed by atoms with van der Waals surface area (Å²) in [6.45, 7) is 2.35. The summed E-state index contributed by atoms with van der Waals surface area (Å²) in [4.78, 5) is 8.42. The Kier molecular flexibility index (Phi) is 4.17. The SMILES string of the molecule is CCOc1cc(C#N)cc(-c2nc(-c3ccc(C#N)cn3)no2)c1. The van der Waals surface area contributed by atoms with Crippen LogP contribution >= 0.6 is 0 Å². The van der Waals surface area contributed by atoms with E-state index in [-0.39, 0.29) is 5.89 Å². The molecule has 0 saturated heterocycles. The Bertz CT molecular complexity index is 948. The van der Waals surface area contributed by atoms with Gasteiger partial charge in [0.1, 0.15) is 17.5 Å².